The van der Waals surface area contributed by atoms with Crippen LogP contribution in [0.15, 0.2) is 24.3 Å². The van der Waals surface area contributed by atoms with Crippen LogP contribution in [0.4, 0.5) is 5.69 Å². The predicted octanol–water partition coefficient (Wildman–Crippen LogP) is 2.69. The van der Waals surface area contributed by atoms with Crippen molar-refractivity contribution in [2.24, 2.45) is 5.92 Å². The molecule has 0 aromatic heterocycles. The molecule has 0 aliphatic heterocycles. The van der Waals surface area contributed by atoms with E-state index in [9.17, 15) is 4.79 Å². The van der Waals surface area contributed by atoms with Crippen LogP contribution in [-0.4, -0.2) is 5.91 Å². The third-order valence-electron chi connectivity index (χ3n) is 2.99. The first-order valence-corrected chi connectivity index (χ1v) is 5.60. The molecule has 0 unspecified atom stereocenters. The maximum absolute atomic E-state index is 11.8. The Hall–Kier alpha value is -1.82. The van der Waals surface area contributed by atoms with Gasteiger partial charge >= 0.3 is 0 Å². The van der Waals surface area contributed by atoms with Gasteiger partial charge in [0.1, 0.15) is 0 Å². The van der Waals surface area contributed by atoms with Gasteiger partial charge in [-0.25, -0.2) is 0 Å². The van der Waals surface area contributed by atoms with E-state index in [1.54, 1.807) is 18.2 Å². The van der Waals surface area contributed by atoms with E-state index in [2.05, 4.69) is 11.4 Å². The van der Waals surface area contributed by atoms with Crippen molar-refractivity contribution in [1.82, 2.24) is 0 Å². The van der Waals surface area contributed by atoms with Crippen LogP contribution >= 0.6 is 0 Å². The van der Waals surface area contributed by atoms with Gasteiger partial charge in [0.2, 0.25) is 5.91 Å². The summed E-state index contributed by atoms with van der Waals surface area (Å²) in [6.45, 7) is 0. The maximum Gasteiger partial charge on any atom is 0.227 e. The fourth-order valence-electron chi connectivity index (χ4n) is 2.10. The van der Waals surface area contributed by atoms with Crippen LogP contribution in [0.1, 0.15) is 31.2 Å². The van der Waals surface area contributed by atoms with Gasteiger partial charge in [-0.3, -0.25) is 4.79 Å². The normalized spacial score (nSPS) is 15.7. The van der Waals surface area contributed by atoms with Crippen LogP contribution in [-0.2, 0) is 4.79 Å². The smallest absolute Gasteiger partial charge is 0.227 e. The van der Waals surface area contributed by atoms with Gasteiger partial charge in [0.05, 0.1) is 11.6 Å². The average molecular weight is 214 g/mol. The maximum atomic E-state index is 11.8. The monoisotopic (exact) mass is 214 g/mol. The molecule has 1 aliphatic rings. The molecule has 3 nitrogen and oxygen atoms in total. The van der Waals surface area contributed by atoms with Crippen molar-refractivity contribution in [2.45, 2.75) is 25.7 Å². The van der Waals surface area contributed by atoms with Gasteiger partial charge in [0.15, 0.2) is 0 Å². The first kappa shape index (κ1) is 10.7. The van der Waals surface area contributed by atoms with Crippen LogP contribution in [0.5, 0.6) is 0 Å². The van der Waals surface area contributed by atoms with Gasteiger partial charge in [-0.2, -0.15) is 5.26 Å². The van der Waals surface area contributed by atoms with Gasteiger partial charge in [-0.05, 0) is 31.0 Å². The Morgan fingerprint density at radius 3 is 2.81 bits per heavy atom. The molecule has 0 radical (unpaired) electrons. The van der Waals surface area contributed by atoms with E-state index in [-0.39, 0.29) is 11.8 Å². The average Bonchev–Trinajstić information content (AvgIpc) is 2.83. The summed E-state index contributed by atoms with van der Waals surface area (Å²) >= 11 is 0. The molecule has 2 rings (SSSR count). The highest BCUT2D eigenvalue weighted by Crippen LogP contribution is 2.26. The van der Waals surface area contributed by atoms with Crippen molar-refractivity contribution in [3.63, 3.8) is 0 Å². The zero-order valence-electron chi connectivity index (χ0n) is 9.07. The molecule has 1 fully saturated rings. The SMILES string of the molecule is N#Cc1cccc(NC(=O)C2CCCC2)c1. The van der Waals surface area contributed by atoms with Gasteiger partial charge in [-0.15, -0.1) is 0 Å². The number of carbonyl (C=O) groups is 1. The molecule has 0 spiro atoms. The fraction of sp³-hybridized carbons (Fsp3) is 0.385. The van der Waals surface area contributed by atoms with Crippen molar-refractivity contribution in [3.05, 3.63) is 29.8 Å². The molecule has 3 heteroatoms. The highest BCUT2D eigenvalue weighted by molar-refractivity contribution is 5.92. The lowest BCUT2D eigenvalue weighted by Gasteiger charge is -2.10. The summed E-state index contributed by atoms with van der Waals surface area (Å²) in [5.74, 6) is 0.248. The van der Waals surface area contributed by atoms with Crippen LogP contribution in [0.2, 0.25) is 0 Å². The minimum atomic E-state index is 0.0904. The van der Waals surface area contributed by atoms with Gasteiger partial charge < -0.3 is 5.32 Å². The lowest BCUT2D eigenvalue weighted by atomic mass is 10.1. The Balaban J connectivity index is 2.03. The fourth-order valence-corrected chi connectivity index (χ4v) is 2.10. The second-order valence-electron chi connectivity index (χ2n) is 4.16. The number of amides is 1. The van der Waals surface area contributed by atoms with Crippen LogP contribution in [0, 0.1) is 17.2 Å². The Kier molecular flexibility index (Phi) is 3.21. The summed E-state index contributed by atoms with van der Waals surface area (Å²) in [5, 5.41) is 11.6. The van der Waals surface area contributed by atoms with Crippen LogP contribution < -0.4 is 5.32 Å². The summed E-state index contributed by atoms with van der Waals surface area (Å²) in [6.07, 6.45) is 4.28. The van der Waals surface area contributed by atoms with Crippen LogP contribution in [0.3, 0.4) is 0 Å². The summed E-state index contributed by atoms with van der Waals surface area (Å²) in [7, 11) is 0. The first-order chi connectivity index (χ1) is 7.79. The van der Waals surface area contributed by atoms with Crippen LogP contribution in [0.25, 0.3) is 0 Å². The Labute approximate surface area is 95.1 Å². The van der Waals surface area contributed by atoms with Crippen molar-refractivity contribution in [1.29, 1.82) is 5.26 Å². The highest BCUT2D eigenvalue weighted by atomic mass is 16.1. The molecular weight excluding hydrogens is 200 g/mol. The second kappa shape index (κ2) is 4.80. The first-order valence-electron chi connectivity index (χ1n) is 5.60. The Morgan fingerprint density at radius 2 is 2.12 bits per heavy atom. The number of carbonyl (C=O) groups excluding carboxylic acids is 1. The molecule has 0 saturated heterocycles. The minimum Gasteiger partial charge on any atom is -0.326 e. The summed E-state index contributed by atoms with van der Waals surface area (Å²) in [6, 6.07) is 9.08. The quantitative estimate of drug-likeness (QED) is 0.822. The predicted molar refractivity (Wildman–Crippen MR) is 61.7 cm³/mol. The molecule has 1 aliphatic carbocycles. The van der Waals surface area contributed by atoms with E-state index in [1.807, 2.05) is 6.07 Å². The topological polar surface area (TPSA) is 52.9 Å². The van der Waals surface area contributed by atoms with E-state index >= 15 is 0 Å². The van der Waals surface area contributed by atoms with Crippen molar-refractivity contribution >= 4 is 11.6 Å². The number of nitrogens with zero attached hydrogens (tertiary/aromatic N) is 1. The second-order valence-corrected chi connectivity index (χ2v) is 4.16. The summed E-state index contributed by atoms with van der Waals surface area (Å²) < 4.78 is 0. The molecule has 1 amide bonds. The number of benzene rings is 1. The van der Waals surface area contributed by atoms with E-state index < -0.39 is 0 Å². The van der Waals surface area contributed by atoms with E-state index in [0.717, 1.165) is 31.4 Å². The number of nitriles is 1. The number of anilines is 1. The van der Waals surface area contributed by atoms with Gasteiger partial charge in [0.25, 0.3) is 0 Å². The largest absolute Gasteiger partial charge is 0.326 e. The van der Waals surface area contributed by atoms with Crippen molar-refractivity contribution in [3.8, 4) is 6.07 Å². The van der Waals surface area contributed by atoms with Crippen molar-refractivity contribution < 1.29 is 4.79 Å². The third kappa shape index (κ3) is 2.40. The molecule has 1 N–H and O–H groups in total. The highest BCUT2D eigenvalue weighted by Gasteiger charge is 2.22. The standard InChI is InChI=1S/C13H14N2O/c14-9-10-4-3-7-12(8-10)15-13(16)11-5-1-2-6-11/h3-4,7-8,11H,1-2,5-6H2,(H,15,16). The zero-order chi connectivity index (χ0) is 11.4. The molecule has 0 heterocycles. The van der Waals surface area contributed by atoms with E-state index in [1.165, 1.54) is 0 Å². The zero-order valence-corrected chi connectivity index (χ0v) is 9.07. The number of hydrogen-bond acceptors (Lipinski definition) is 2. The summed E-state index contributed by atoms with van der Waals surface area (Å²) in [4.78, 5) is 11.8. The lowest BCUT2D eigenvalue weighted by molar-refractivity contribution is -0.119. The Bertz CT molecular complexity index is 428. The molecule has 1 aromatic carbocycles. The molecule has 16 heavy (non-hydrogen) atoms. The lowest BCUT2D eigenvalue weighted by Crippen LogP contribution is -2.20. The summed E-state index contributed by atoms with van der Waals surface area (Å²) in [5.41, 5.74) is 1.29. The molecule has 1 aromatic rings. The van der Waals surface area contributed by atoms with Gasteiger partial charge in [0, 0.05) is 11.6 Å². The van der Waals surface area contributed by atoms with E-state index in [4.69, 9.17) is 5.26 Å². The Morgan fingerprint density at radius 1 is 1.38 bits per heavy atom. The minimum absolute atomic E-state index is 0.0904. The third-order valence-corrected chi connectivity index (χ3v) is 2.99. The molecule has 0 atom stereocenters. The molecule has 0 bridgehead atoms. The number of rotatable bonds is 2. The number of nitrogens with one attached hydrogen (secondary N) is 1. The molecule has 1 saturated carbocycles. The molecule has 82 valence electrons. The van der Waals surface area contributed by atoms with E-state index in [0.29, 0.717) is 5.56 Å². The van der Waals surface area contributed by atoms with Gasteiger partial charge in [-0.1, -0.05) is 18.9 Å². The number of hydrogen-bond donors (Lipinski definition) is 1. The van der Waals surface area contributed by atoms with Crippen molar-refractivity contribution in [2.75, 3.05) is 5.32 Å². The molecular formula is C13H14N2O.